The number of rotatable bonds is 3. The highest BCUT2D eigenvalue weighted by Crippen LogP contribution is 2.68. The van der Waals surface area contributed by atoms with Gasteiger partial charge in [-0.1, -0.05) is 26.5 Å². The van der Waals surface area contributed by atoms with Crippen LogP contribution in [-0.2, 0) is 23.9 Å². The molecule has 0 aromatic heterocycles. The van der Waals surface area contributed by atoms with Crippen molar-refractivity contribution < 1.29 is 23.9 Å². The van der Waals surface area contributed by atoms with Crippen LogP contribution in [0.5, 0.6) is 0 Å². The standard InChI is InChI=1S/C25H30O5/c1-14-11-20-18-13-22(29-6)21-12-17(28)7-9-23(21,4)19(18)8-10-24(20,5)25(14,15(2)26)30-16(3)27/h7,9,12-13,18-20H,1,8,10-11H2,2-6H3/t18-,19+,20+,23-,24+,25+/m1/s1. The normalized spacial score (nSPS) is 41.8. The number of hydrogen-bond acceptors (Lipinski definition) is 5. The highest BCUT2D eigenvalue weighted by Gasteiger charge is 2.69. The van der Waals surface area contributed by atoms with E-state index < -0.39 is 17.0 Å². The Hall–Kier alpha value is -2.43. The number of esters is 1. The topological polar surface area (TPSA) is 69.7 Å². The van der Waals surface area contributed by atoms with Gasteiger partial charge < -0.3 is 9.47 Å². The Morgan fingerprint density at radius 3 is 2.50 bits per heavy atom. The monoisotopic (exact) mass is 410 g/mol. The first kappa shape index (κ1) is 20.8. The van der Waals surface area contributed by atoms with E-state index in [0.717, 1.165) is 24.2 Å². The van der Waals surface area contributed by atoms with Crippen LogP contribution in [0.25, 0.3) is 0 Å². The molecule has 4 rings (SSSR count). The average Bonchev–Trinajstić information content (AvgIpc) is 2.90. The summed E-state index contributed by atoms with van der Waals surface area (Å²) < 4.78 is 11.5. The number of carbonyl (C=O) groups is 3. The van der Waals surface area contributed by atoms with E-state index in [-0.39, 0.29) is 34.7 Å². The quantitative estimate of drug-likeness (QED) is 0.517. The third kappa shape index (κ3) is 2.44. The Kier molecular flexibility index (Phi) is 4.53. The fraction of sp³-hybridized carbons (Fsp3) is 0.560. The molecule has 4 aliphatic carbocycles. The van der Waals surface area contributed by atoms with Crippen LogP contribution in [0.2, 0.25) is 0 Å². The Labute approximate surface area is 177 Å². The second-order valence-electron chi connectivity index (χ2n) is 9.70. The lowest BCUT2D eigenvalue weighted by Crippen LogP contribution is -2.58. The molecule has 2 saturated carbocycles. The maximum Gasteiger partial charge on any atom is 0.303 e. The minimum Gasteiger partial charge on any atom is -0.497 e. The van der Waals surface area contributed by atoms with Gasteiger partial charge in [0.05, 0.1) is 7.11 Å². The third-order valence-electron chi connectivity index (χ3n) is 8.34. The summed E-state index contributed by atoms with van der Waals surface area (Å²) in [5, 5.41) is 0. The lowest BCUT2D eigenvalue weighted by atomic mass is 9.48. The summed E-state index contributed by atoms with van der Waals surface area (Å²) in [6.07, 6.45) is 9.70. The molecule has 0 radical (unpaired) electrons. The number of ether oxygens (including phenoxy) is 2. The van der Waals surface area contributed by atoms with Crippen molar-refractivity contribution in [1.29, 1.82) is 0 Å². The Morgan fingerprint density at radius 2 is 1.90 bits per heavy atom. The van der Waals surface area contributed by atoms with Crippen molar-refractivity contribution in [3.05, 3.63) is 47.8 Å². The molecule has 30 heavy (non-hydrogen) atoms. The van der Waals surface area contributed by atoms with Gasteiger partial charge in [-0.05, 0) is 67.7 Å². The molecule has 0 spiro atoms. The van der Waals surface area contributed by atoms with Crippen molar-refractivity contribution in [1.82, 2.24) is 0 Å². The number of hydrogen-bond donors (Lipinski definition) is 0. The minimum absolute atomic E-state index is 0.0239. The van der Waals surface area contributed by atoms with Gasteiger partial charge in [0.25, 0.3) is 0 Å². The molecular formula is C25H30O5. The van der Waals surface area contributed by atoms with Gasteiger partial charge in [-0.15, -0.1) is 0 Å². The van der Waals surface area contributed by atoms with E-state index in [1.54, 1.807) is 19.3 Å². The summed E-state index contributed by atoms with van der Waals surface area (Å²) in [5.41, 5.74) is -0.525. The van der Waals surface area contributed by atoms with Crippen LogP contribution in [0.15, 0.2) is 47.8 Å². The number of fused-ring (bicyclic) bond motifs is 5. The van der Waals surface area contributed by atoms with Gasteiger partial charge in [0.15, 0.2) is 17.2 Å². The predicted molar refractivity (Wildman–Crippen MR) is 112 cm³/mol. The summed E-state index contributed by atoms with van der Waals surface area (Å²) in [6, 6.07) is 0. The van der Waals surface area contributed by atoms with Gasteiger partial charge in [0.1, 0.15) is 5.76 Å². The largest absolute Gasteiger partial charge is 0.497 e. The van der Waals surface area contributed by atoms with Crippen molar-refractivity contribution in [2.24, 2.45) is 28.6 Å². The summed E-state index contributed by atoms with van der Waals surface area (Å²) in [5.74, 6) is 0.543. The maximum absolute atomic E-state index is 12.9. The van der Waals surface area contributed by atoms with Gasteiger partial charge >= 0.3 is 5.97 Å². The molecule has 0 aliphatic heterocycles. The number of ketones is 2. The van der Waals surface area contributed by atoms with E-state index in [4.69, 9.17) is 9.47 Å². The number of carbonyl (C=O) groups excluding carboxylic acids is 3. The maximum atomic E-state index is 12.9. The van der Waals surface area contributed by atoms with Gasteiger partial charge in [-0.25, -0.2) is 0 Å². The van der Waals surface area contributed by atoms with Gasteiger partial charge in [-0.3, -0.25) is 14.4 Å². The minimum atomic E-state index is -1.29. The molecule has 5 nitrogen and oxygen atoms in total. The molecule has 2 fully saturated rings. The second-order valence-corrected chi connectivity index (χ2v) is 9.70. The van der Waals surface area contributed by atoms with Crippen LogP contribution in [0.4, 0.5) is 0 Å². The van der Waals surface area contributed by atoms with Crippen LogP contribution in [0, 0.1) is 28.6 Å². The first-order valence-electron chi connectivity index (χ1n) is 10.6. The highest BCUT2D eigenvalue weighted by molar-refractivity contribution is 6.01. The molecule has 0 bridgehead atoms. The van der Waals surface area contributed by atoms with Crippen molar-refractivity contribution >= 4 is 17.5 Å². The second kappa shape index (κ2) is 6.53. The molecule has 4 aliphatic rings. The predicted octanol–water partition coefficient (Wildman–Crippen LogP) is 4.10. The van der Waals surface area contributed by atoms with Gasteiger partial charge in [0.2, 0.25) is 0 Å². The summed E-state index contributed by atoms with van der Waals surface area (Å²) in [7, 11) is 1.63. The number of methoxy groups -OCH3 is 1. The zero-order valence-corrected chi connectivity index (χ0v) is 18.4. The molecule has 0 aromatic rings. The van der Waals surface area contributed by atoms with E-state index >= 15 is 0 Å². The van der Waals surface area contributed by atoms with Crippen molar-refractivity contribution in [3.8, 4) is 0 Å². The fourth-order valence-electron chi connectivity index (χ4n) is 7.00. The zero-order chi connectivity index (χ0) is 22.1. The number of allylic oxidation sites excluding steroid dienone is 5. The molecular weight excluding hydrogens is 380 g/mol. The molecule has 0 amide bonds. The average molecular weight is 411 g/mol. The SMILES string of the molecule is C=C1C[C@H]2[C@@H]3C=C(OC)C4=CC(=O)C=C[C@]4(C)[C@H]3CC[C@]2(C)[C@@]1(OC(C)=O)C(C)=O. The Balaban J connectivity index is 1.87. The van der Waals surface area contributed by atoms with Crippen LogP contribution in [0.1, 0.15) is 47.0 Å². The highest BCUT2D eigenvalue weighted by atomic mass is 16.6. The van der Waals surface area contributed by atoms with Crippen molar-refractivity contribution in [2.75, 3.05) is 7.11 Å². The van der Waals surface area contributed by atoms with Crippen molar-refractivity contribution in [2.45, 2.75) is 52.6 Å². The zero-order valence-electron chi connectivity index (χ0n) is 18.4. The molecule has 0 heterocycles. The van der Waals surface area contributed by atoms with E-state index in [0.29, 0.717) is 12.0 Å². The fourth-order valence-corrected chi connectivity index (χ4v) is 7.00. The molecule has 5 heteroatoms. The first-order chi connectivity index (χ1) is 14.0. The van der Waals surface area contributed by atoms with E-state index in [2.05, 4.69) is 26.5 Å². The lowest BCUT2D eigenvalue weighted by molar-refractivity contribution is -0.179. The van der Waals surface area contributed by atoms with E-state index in [9.17, 15) is 14.4 Å². The van der Waals surface area contributed by atoms with Gasteiger partial charge in [-0.2, -0.15) is 0 Å². The van der Waals surface area contributed by atoms with Crippen LogP contribution < -0.4 is 0 Å². The third-order valence-corrected chi connectivity index (χ3v) is 8.34. The summed E-state index contributed by atoms with van der Waals surface area (Å²) >= 11 is 0. The Morgan fingerprint density at radius 1 is 1.20 bits per heavy atom. The lowest BCUT2D eigenvalue weighted by Gasteiger charge is -2.56. The number of Topliss-reactive ketones (excluding diaryl/α,β-unsaturated/α-hetero) is 1. The van der Waals surface area contributed by atoms with E-state index in [1.807, 2.05) is 6.08 Å². The summed E-state index contributed by atoms with van der Waals surface area (Å²) in [4.78, 5) is 37.0. The van der Waals surface area contributed by atoms with Crippen LogP contribution in [0.3, 0.4) is 0 Å². The molecule has 0 N–H and O–H groups in total. The summed E-state index contributed by atoms with van der Waals surface area (Å²) in [6.45, 7) is 11.3. The Bertz CT molecular complexity index is 953. The van der Waals surface area contributed by atoms with Crippen molar-refractivity contribution in [3.63, 3.8) is 0 Å². The van der Waals surface area contributed by atoms with Crippen LogP contribution >= 0.6 is 0 Å². The molecule has 0 aromatic carbocycles. The first-order valence-corrected chi connectivity index (χ1v) is 10.6. The van der Waals surface area contributed by atoms with Crippen LogP contribution in [-0.4, -0.2) is 30.2 Å². The molecule has 6 atom stereocenters. The molecule has 0 unspecified atom stereocenters. The smallest absolute Gasteiger partial charge is 0.303 e. The molecule has 0 saturated heterocycles. The van der Waals surface area contributed by atoms with E-state index in [1.165, 1.54) is 13.8 Å². The van der Waals surface area contributed by atoms with Gasteiger partial charge in [0, 0.05) is 23.3 Å². The molecule has 160 valence electrons.